The van der Waals surface area contributed by atoms with Gasteiger partial charge in [0.25, 0.3) is 0 Å². The van der Waals surface area contributed by atoms with Gasteiger partial charge in [-0.15, -0.1) is 0 Å². The Bertz CT molecular complexity index is 701. The second-order valence-electron chi connectivity index (χ2n) is 5.67. The largest absolute Gasteiger partial charge is 0.504 e. The molecule has 0 saturated heterocycles. The first-order valence-corrected chi connectivity index (χ1v) is 7.78. The summed E-state index contributed by atoms with van der Waals surface area (Å²) in [6.07, 6.45) is -0.145. The molecule has 6 heteroatoms. The Morgan fingerprint density at radius 2 is 1.83 bits per heavy atom. The number of aromatic hydroxyl groups is 2. The zero-order valence-electron chi connectivity index (χ0n) is 13.4. The lowest BCUT2D eigenvalue weighted by atomic mass is 9.93. The number of benzene rings is 2. The monoisotopic (exact) mass is 331 g/mol. The minimum absolute atomic E-state index is 0.108. The van der Waals surface area contributed by atoms with Crippen molar-refractivity contribution in [1.29, 1.82) is 0 Å². The van der Waals surface area contributed by atoms with Crippen LogP contribution >= 0.6 is 0 Å². The molecule has 6 nitrogen and oxygen atoms in total. The number of hydrogen-bond donors (Lipinski definition) is 3. The molecule has 1 aliphatic heterocycles. The molecule has 2 aromatic rings. The maximum absolute atomic E-state index is 10.1. The summed E-state index contributed by atoms with van der Waals surface area (Å²) in [5.41, 5.74) is 7.26. The van der Waals surface area contributed by atoms with Crippen LogP contribution in [0.15, 0.2) is 36.4 Å². The molecule has 0 amide bonds. The Balaban J connectivity index is 1.72. The lowest BCUT2D eigenvalue weighted by Crippen LogP contribution is -2.34. The summed E-state index contributed by atoms with van der Waals surface area (Å²) in [4.78, 5) is 0. The average Bonchev–Trinajstić information content (AvgIpc) is 2.63. The minimum atomic E-state index is -0.329. The summed E-state index contributed by atoms with van der Waals surface area (Å²) in [6.45, 7) is 0.605. The van der Waals surface area contributed by atoms with Crippen LogP contribution < -0.4 is 15.2 Å². The summed E-state index contributed by atoms with van der Waals surface area (Å²) in [7, 11) is 1.61. The first-order valence-electron chi connectivity index (χ1n) is 7.78. The highest BCUT2D eigenvalue weighted by atomic mass is 16.5. The number of hydrogen-bond acceptors (Lipinski definition) is 6. The van der Waals surface area contributed by atoms with Gasteiger partial charge in [0, 0.05) is 18.5 Å². The van der Waals surface area contributed by atoms with Crippen LogP contribution in [0.4, 0.5) is 0 Å². The lowest BCUT2D eigenvalue weighted by Gasteiger charge is -2.32. The topological polar surface area (TPSA) is 94.2 Å². The molecule has 1 heterocycles. The van der Waals surface area contributed by atoms with Crippen LogP contribution in [-0.4, -0.2) is 36.6 Å². The van der Waals surface area contributed by atoms with E-state index in [1.165, 1.54) is 6.07 Å². The highest BCUT2D eigenvalue weighted by Gasteiger charge is 2.30. The van der Waals surface area contributed by atoms with E-state index in [0.717, 1.165) is 11.3 Å². The molecule has 24 heavy (non-hydrogen) atoms. The molecule has 0 spiro atoms. The van der Waals surface area contributed by atoms with E-state index < -0.39 is 0 Å². The smallest absolute Gasteiger partial charge is 0.161 e. The van der Waals surface area contributed by atoms with Gasteiger partial charge in [-0.3, -0.25) is 0 Å². The van der Waals surface area contributed by atoms with E-state index in [0.29, 0.717) is 24.3 Å². The molecule has 4 N–H and O–H groups in total. The van der Waals surface area contributed by atoms with E-state index >= 15 is 0 Å². The highest BCUT2D eigenvalue weighted by molar-refractivity contribution is 5.51. The Labute approximate surface area is 140 Å². The molecule has 128 valence electrons. The predicted octanol–water partition coefficient (Wildman–Crippen LogP) is 2.13. The number of phenols is 2. The van der Waals surface area contributed by atoms with Crippen LogP contribution in [0.1, 0.15) is 17.2 Å². The predicted molar refractivity (Wildman–Crippen MR) is 88.6 cm³/mol. The molecule has 0 aromatic heterocycles. The molecule has 0 radical (unpaired) electrons. The molecular weight excluding hydrogens is 310 g/mol. The van der Waals surface area contributed by atoms with E-state index in [1.54, 1.807) is 13.2 Å². The van der Waals surface area contributed by atoms with Gasteiger partial charge in [0.2, 0.25) is 0 Å². The third kappa shape index (κ3) is 3.25. The van der Waals surface area contributed by atoms with Crippen molar-refractivity contribution in [2.24, 2.45) is 5.73 Å². The number of nitrogens with two attached hydrogens (primary N) is 1. The van der Waals surface area contributed by atoms with Crippen LogP contribution in [0.5, 0.6) is 23.0 Å². The van der Waals surface area contributed by atoms with E-state index in [2.05, 4.69) is 0 Å². The molecule has 2 atom stereocenters. The van der Waals surface area contributed by atoms with E-state index in [4.69, 9.17) is 19.9 Å². The Morgan fingerprint density at radius 1 is 1.12 bits per heavy atom. The number of ether oxygens (including phenoxy) is 3. The van der Waals surface area contributed by atoms with Gasteiger partial charge >= 0.3 is 0 Å². The fourth-order valence-corrected chi connectivity index (χ4v) is 2.88. The number of fused-ring (bicyclic) bond motifs is 1. The first kappa shape index (κ1) is 16.4. The molecule has 3 rings (SSSR count). The van der Waals surface area contributed by atoms with E-state index in [9.17, 15) is 10.2 Å². The van der Waals surface area contributed by atoms with Gasteiger partial charge < -0.3 is 30.2 Å². The second kappa shape index (κ2) is 6.98. The van der Waals surface area contributed by atoms with Crippen molar-refractivity contribution in [2.45, 2.75) is 18.6 Å². The fraction of sp³-hybridized carbons (Fsp3) is 0.333. The van der Waals surface area contributed by atoms with E-state index in [-0.39, 0.29) is 30.3 Å². The van der Waals surface area contributed by atoms with Crippen LogP contribution in [0, 0.1) is 0 Å². The molecule has 0 fully saturated rings. The Kier molecular flexibility index (Phi) is 4.78. The summed E-state index contributed by atoms with van der Waals surface area (Å²) in [5.74, 6) is 1.22. The summed E-state index contributed by atoms with van der Waals surface area (Å²) in [5, 5.41) is 19.8. The van der Waals surface area contributed by atoms with Crippen molar-refractivity contribution >= 4 is 0 Å². The molecule has 0 aliphatic carbocycles. The average molecular weight is 331 g/mol. The van der Waals surface area contributed by atoms with Crippen LogP contribution in [0.2, 0.25) is 0 Å². The van der Waals surface area contributed by atoms with Gasteiger partial charge in [-0.05, 0) is 35.9 Å². The first-order chi connectivity index (χ1) is 11.6. The van der Waals surface area contributed by atoms with Gasteiger partial charge in [-0.2, -0.15) is 0 Å². The zero-order chi connectivity index (χ0) is 17.1. The molecule has 2 aromatic carbocycles. The maximum atomic E-state index is 10.1. The van der Waals surface area contributed by atoms with Gasteiger partial charge in [-0.25, -0.2) is 0 Å². The molecular formula is C18H21NO5. The highest BCUT2D eigenvalue weighted by Crippen LogP contribution is 2.39. The standard InChI is InChI=1S/C18H21NO5/c1-22-11-2-4-12(5-3-11)23-10-13-8-15-14(17(9-19)24-13)6-7-16(20)18(15)21/h2-7,13,17,20-21H,8-10,19H2,1H3/t13-,17-/m0/s1. The lowest BCUT2D eigenvalue weighted by molar-refractivity contribution is -0.0422. The van der Waals surface area contributed by atoms with Crippen molar-refractivity contribution < 1.29 is 24.4 Å². The summed E-state index contributed by atoms with van der Waals surface area (Å²) >= 11 is 0. The molecule has 0 saturated carbocycles. The second-order valence-corrected chi connectivity index (χ2v) is 5.67. The van der Waals surface area contributed by atoms with Gasteiger partial charge in [0.15, 0.2) is 11.5 Å². The van der Waals surface area contributed by atoms with Gasteiger partial charge in [0.1, 0.15) is 18.1 Å². The third-order valence-electron chi connectivity index (χ3n) is 4.14. The van der Waals surface area contributed by atoms with Crippen molar-refractivity contribution in [1.82, 2.24) is 0 Å². The number of methoxy groups -OCH3 is 1. The Morgan fingerprint density at radius 3 is 2.50 bits per heavy atom. The number of phenolic OH excluding ortho intramolecular Hbond substituents is 2. The van der Waals surface area contributed by atoms with Gasteiger partial charge in [0.05, 0.1) is 19.3 Å². The normalized spacial score (nSPS) is 19.6. The molecule has 0 unspecified atom stereocenters. The van der Waals surface area contributed by atoms with Crippen LogP contribution in [0.3, 0.4) is 0 Å². The van der Waals surface area contributed by atoms with Crippen molar-refractivity contribution in [3.63, 3.8) is 0 Å². The van der Waals surface area contributed by atoms with Crippen molar-refractivity contribution in [3.8, 4) is 23.0 Å². The van der Waals surface area contributed by atoms with Crippen LogP contribution in [-0.2, 0) is 11.2 Å². The summed E-state index contributed by atoms with van der Waals surface area (Å²) in [6, 6.07) is 10.5. The minimum Gasteiger partial charge on any atom is -0.504 e. The van der Waals surface area contributed by atoms with Crippen molar-refractivity contribution in [2.75, 3.05) is 20.3 Å². The quantitative estimate of drug-likeness (QED) is 0.727. The summed E-state index contributed by atoms with van der Waals surface area (Å²) < 4.78 is 16.8. The molecule has 1 aliphatic rings. The van der Waals surface area contributed by atoms with Crippen LogP contribution in [0.25, 0.3) is 0 Å². The fourth-order valence-electron chi connectivity index (χ4n) is 2.88. The maximum Gasteiger partial charge on any atom is 0.161 e. The number of rotatable bonds is 5. The van der Waals surface area contributed by atoms with Crippen molar-refractivity contribution in [3.05, 3.63) is 47.5 Å². The zero-order valence-corrected chi connectivity index (χ0v) is 13.4. The Hall–Kier alpha value is -2.44. The molecule has 0 bridgehead atoms. The van der Waals surface area contributed by atoms with Gasteiger partial charge in [-0.1, -0.05) is 6.07 Å². The van der Waals surface area contributed by atoms with E-state index in [1.807, 2.05) is 24.3 Å². The third-order valence-corrected chi connectivity index (χ3v) is 4.14. The SMILES string of the molecule is COc1ccc(OC[C@@H]2Cc3c(ccc(O)c3O)[C@H](CN)O2)cc1.